The number of ether oxygens (including phenoxy) is 1. The lowest BCUT2D eigenvalue weighted by atomic mass is 10.2. The summed E-state index contributed by atoms with van der Waals surface area (Å²) >= 11 is 0. The second-order valence-corrected chi connectivity index (χ2v) is 6.23. The minimum Gasteiger partial charge on any atom is -0.485 e. The molecule has 132 valence electrons. The zero-order chi connectivity index (χ0) is 17.3. The van der Waals surface area contributed by atoms with Gasteiger partial charge in [0.1, 0.15) is 13.2 Å². The predicted molar refractivity (Wildman–Crippen MR) is 95.5 cm³/mol. The first-order valence-corrected chi connectivity index (χ1v) is 8.96. The van der Waals surface area contributed by atoms with Gasteiger partial charge in [-0.25, -0.2) is 4.39 Å². The van der Waals surface area contributed by atoms with Gasteiger partial charge in [-0.3, -0.25) is 4.90 Å². The van der Waals surface area contributed by atoms with Gasteiger partial charge in [0.05, 0.1) is 19.6 Å². The maximum Gasteiger partial charge on any atom is 0.165 e. The van der Waals surface area contributed by atoms with Crippen molar-refractivity contribution in [2.75, 3.05) is 52.4 Å². The van der Waals surface area contributed by atoms with E-state index in [4.69, 9.17) is 4.74 Å². The smallest absolute Gasteiger partial charge is 0.165 e. The van der Waals surface area contributed by atoms with Crippen LogP contribution in [0.5, 0.6) is 5.75 Å². The summed E-state index contributed by atoms with van der Waals surface area (Å²) in [4.78, 5) is 2.46. The molecule has 0 aliphatic heterocycles. The van der Waals surface area contributed by atoms with Crippen molar-refractivity contribution < 1.29 is 13.6 Å². The molecule has 0 aliphatic carbocycles. The molecule has 0 heterocycles. The Hall–Kier alpha value is -1.13. The van der Waals surface area contributed by atoms with Crippen LogP contribution >= 0.6 is 0 Å². The van der Waals surface area contributed by atoms with Gasteiger partial charge in [-0.1, -0.05) is 19.9 Å². The lowest BCUT2D eigenvalue weighted by Gasteiger charge is -2.38. The fourth-order valence-electron chi connectivity index (χ4n) is 2.93. The summed E-state index contributed by atoms with van der Waals surface area (Å²) in [6.07, 6.45) is 0. The molecule has 0 saturated heterocycles. The topological polar surface area (TPSA) is 12.5 Å². The highest BCUT2D eigenvalue weighted by Crippen LogP contribution is 2.18. The van der Waals surface area contributed by atoms with E-state index in [0.717, 1.165) is 55.9 Å². The van der Waals surface area contributed by atoms with Gasteiger partial charge in [-0.15, -0.1) is 0 Å². The van der Waals surface area contributed by atoms with Crippen LogP contribution in [0.1, 0.15) is 33.3 Å². The number of nitrogens with zero attached hydrogens (tertiary/aromatic N) is 2. The molecule has 0 saturated carbocycles. The number of hydrogen-bond donors (Lipinski definition) is 0. The van der Waals surface area contributed by atoms with E-state index in [1.165, 1.54) is 6.07 Å². The molecular weight excluding hydrogens is 291 g/mol. The maximum atomic E-state index is 13.8. The van der Waals surface area contributed by atoms with E-state index in [1.54, 1.807) is 6.07 Å². The van der Waals surface area contributed by atoms with Crippen LogP contribution in [0.3, 0.4) is 0 Å². The standard InChI is InChI=1S/C19H34FN2O/c1-6-21(7-2)12-13-22(8-3,9-4)14-15-23-19-11-10-17(5)16-18(19)20/h10-11,16H,6-9,12-15H2,1-5H3/q+1. The van der Waals surface area contributed by atoms with Crippen molar-refractivity contribution >= 4 is 0 Å². The van der Waals surface area contributed by atoms with Gasteiger partial charge in [0.25, 0.3) is 0 Å². The van der Waals surface area contributed by atoms with Gasteiger partial charge in [0.2, 0.25) is 0 Å². The van der Waals surface area contributed by atoms with Crippen molar-refractivity contribution in [2.45, 2.75) is 34.6 Å². The first kappa shape index (κ1) is 19.9. The molecule has 0 bridgehead atoms. The van der Waals surface area contributed by atoms with Gasteiger partial charge < -0.3 is 9.22 Å². The first-order chi connectivity index (χ1) is 11.0. The van der Waals surface area contributed by atoms with E-state index in [0.29, 0.717) is 12.4 Å². The van der Waals surface area contributed by atoms with E-state index in [9.17, 15) is 4.39 Å². The summed E-state index contributed by atoms with van der Waals surface area (Å²) in [5.74, 6) is 0.101. The van der Waals surface area contributed by atoms with E-state index in [1.807, 2.05) is 13.0 Å². The van der Waals surface area contributed by atoms with Crippen LogP contribution in [0.15, 0.2) is 18.2 Å². The molecule has 0 amide bonds. The number of quaternary nitrogens is 1. The Morgan fingerprint density at radius 1 is 1.04 bits per heavy atom. The Balaban J connectivity index is 2.57. The lowest BCUT2D eigenvalue weighted by molar-refractivity contribution is -0.924. The molecule has 0 atom stereocenters. The summed E-state index contributed by atoms with van der Waals surface area (Å²) in [6, 6.07) is 5.14. The van der Waals surface area contributed by atoms with Crippen molar-refractivity contribution in [3.63, 3.8) is 0 Å². The van der Waals surface area contributed by atoms with E-state index < -0.39 is 0 Å². The SMILES string of the molecule is CCN(CC)CC[N+](CC)(CC)CCOc1ccc(C)cc1F. The van der Waals surface area contributed by atoms with E-state index in [2.05, 4.69) is 32.6 Å². The van der Waals surface area contributed by atoms with Gasteiger partial charge in [-0.2, -0.15) is 0 Å². The maximum absolute atomic E-state index is 13.8. The zero-order valence-corrected chi connectivity index (χ0v) is 15.6. The Morgan fingerprint density at radius 2 is 1.70 bits per heavy atom. The summed E-state index contributed by atoms with van der Waals surface area (Å²) in [5, 5.41) is 0. The van der Waals surface area contributed by atoms with E-state index in [-0.39, 0.29) is 5.82 Å². The van der Waals surface area contributed by atoms with Crippen LogP contribution < -0.4 is 4.74 Å². The number of halogens is 1. The normalized spacial score (nSPS) is 12.0. The molecule has 1 aromatic carbocycles. The summed E-state index contributed by atoms with van der Waals surface area (Å²) in [6.45, 7) is 18.8. The Labute approximate surface area is 141 Å². The van der Waals surface area contributed by atoms with Crippen LogP contribution in [-0.2, 0) is 0 Å². The second kappa shape index (κ2) is 9.89. The Morgan fingerprint density at radius 3 is 2.22 bits per heavy atom. The third-order valence-electron chi connectivity index (χ3n) is 5.04. The molecule has 3 nitrogen and oxygen atoms in total. The Kier molecular flexibility index (Phi) is 8.56. The van der Waals surface area contributed by atoms with Crippen molar-refractivity contribution in [1.29, 1.82) is 0 Å². The molecular formula is C19H34FN2O+. The monoisotopic (exact) mass is 325 g/mol. The molecule has 1 aromatic rings. The van der Waals surface area contributed by atoms with Crippen LogP contribution in [-0.4, -0.2) is 61.8 Å². The van der Waals surface area contributed by atoms with Crippen LogP contribution in [0.2, 0.25) is 0 Å². The first-order valence-electron chi connectivity index (χ1n) is 8.96. The molecule has 0 N–H and O–H groups in total. The van der Waals surface area contributed by atoms with Gasteiger partial charge in [0, 0.05) is 6.54 Å². The molecule has 1 rings (SSSR count). The zero-order valence-electron chi connectivity index (χ0n) is 15.6. The van der Waals surface area contributed by atoms with Gasteiger partial charge in [0.15, 0.2) is 11.6 Å². The van der Waals surface area contributed by atoms with Crippen LogP contribution in [0.4, 0.5) is 4.39 Å². The summed E-state index contributed by atoms with van der Waals surface area (Å²) in [5.41, 5.74) is 0.918. The number of rotatable bonds is 11. The third-order valence-corrected chi connectivity index (χ3v) is 5.04. The molecule has 0 radical (unpaired) electrons. The average molecular weight is 325 g/mol. The largest absolute Gasteiger partial charge is 0.485 e. The highest BCUT2D eigenvalue weighted by molar-refractivity contribution is 5.28. The highest BCUT2D eigenvalue weighted by Gasteiger charge is 2.24. The van der Waals surface area contributed by atoms with Crippen LogP contribution in [0.25, 0.3) is 0 Å². The number of hydrogen-bond acceptors (Lipinski definition) is 2. The summed E-state index contributed by atoms with van der Waals surface area (Å²) < 4.78 is 20.6. The summed E-state index contributed by atoms with van der Waals surface area (Å²) in [7, 11) is 0. The van der Waals surface area contributed by atoms with Crippen molar-refractivity contribution in [2.24, 2.45) is 0 Å². The predicted octanol–water partition coefficient (Wildman–Crippen LogP) is 3.71. The van der Waals surface area contributed by atoms with Crippen molar-refractivity contribution in [3.05, 3.63) is 29.6 Å². The molecule has 0 unspecified atom stereocenters. The Bertz CT molecular complexity index is 457. The molecule has 0 fully saturated rings. The molecule has 0 aromatic heterocycles. The number of benzene rings is 1. The van der Waals surface area contributed by atoms with Gasteiger partial charge in [-0.05, 0) is 51.6 Å². The van der Waals surface area contributed by atoms with Gasteiger partial charge >= 0.3 is 0 Å². The molecule has 23 heavy (non-hydrogen) atoms. The average Bonchev–Trinajstić information content (AvgIpc) is 2.56. The van der Waals surface area contributed by atoms with Crippen molar-refractivity contribution in [3.8, 4) is 5.75 Å². The number of aryl methyl sites for hydroxylation is 1. The molecule has 0 spiro atoms. The quantitative estimate of drug-likeness (QED) is 0.575. The number of likely N-dealkylation sites (N-methyl/N-ethyl adjacent to an activating group) is 2. The minimum atomic E-state index is -0.265. The minimum absolute atomic E-state index is 0.265. The van der Waals surface area contributed by atoms with Crippen LogP contribution in [0, 0.1) is 12.7 Å². The lowest BCUT2D eigenvalue weighted by Crippen LogP contribution is -2.53. The highest BCUT2D eigenvalue weighted by atomic mass is 19.1. The molecule has 4 heteroatoms. The fourth-order valence-corrected chi connectivity index (χ4v) is 2.93. The van der Waals surface area contributed by atoms with E-state index >= 15 is 0 Å². The molecule has 0 aliphatic rings. The third kappa shape index (κ3) is 6.11. The second-order valence-electron chi connectivity index (χ2n) is 6.23. The van der Waals surface area contributed by atoms with Crippen molar-refractivity contribution in [1.82, 2.24) is 4.90 Å². The fraction of sp³-hybridized carbons (Fsp3) is 0.684.